The van der Waals surface area contributed by atoms with Crippen molar-refractivity contribution in [3.8, 4) is 0 Å². The lowest BCUT2D eigenvalue weighted by molar-refractivity contribution is -0.137. The average molecular weight is 569 g/mol. The summed E-state index contributed by atoms with van der Waals surface area (Å²) in [4.78, 5) is 13.7. The minimum atomic E-state index is -4.10. The molecule has 2 aromatic rings. The second-order valence-corrected chi connectivity index (χ2v) is 12.5. The number of nitrogens with one attached hydrogen (secondary N) is 1. The van der Waals surface area contributed by atoms with E-state index >= 15 is 0 Å². The average Bonchev–Trinajstić information content (AvgIpc) is 3.42. The second-order valence-electron chi connectivity index (χ2n) is 10.3. The summed E-state index contributed by atoms with van der Waals surface area (Å²) in [6, 6.07) is 16.7. The molecule has 1 saturated carbocycles. The summed E-state index contributed by atoms with van der Waals surface area (Å²) in [7, 11) is -2.54. The fourth-order valence-electron chi connectivity index (χ4n) is 5.08. The Kier molecular flexibility index (Phi) is 10.7. The molecule has 7 nitrogen and oxygen atoms in total. The largest absolute Gasteiger partial charge is 0.389 e. The summed E-state index contributed by atoms with van der Waals surface area (Å²) in [6.07, 6.45) is 1.75. The summed E-state index contributed by atoms with van der Waals surface area (Å²) in [5.74, 6) is -1.09. The van der Waals surface area contributed by atoms with Crippen LogP contribution in [0.2, 0.25) is 0 Å². The van der Waals surface area contributed by atoms with E-state index in [1.54, 1.807) is 56.5 Å². The van der Waals surface area contributed by atoms with Crippen molar-refractivity contribution in [2.75, 3.05) is 39.4 Å². The van der Waals surface area contributed by atoms with Crippen molar-refractivity contribution in [1.29, 1.82) is 0 Å². The number of carbonyl (C=O) groups is 1. The molecule has 210 valence electrons. The third kappa shape index (κ3) is 6.74. The van der Waals surface area contributed by atoms with Gasteiger partial charge in [0.2, 0.25) is 15.9 Å². The maximum atomic E-state index is 13.7. The van der Waals surface area contributed by atoms with Crippen LogP contribution >= 0.6 is 11.6 Å². The summed E-state index contributed by atoms with van der Waals surface area (Å²) in [5, 5.41) is 14.8. The number of carbonyl (C=O) groups excluding carboxylic acids is 1. The van der Waals surface area contributed by atoms with E-state index < -0.39 is 39.7 Å². The first-order chi connectivity index (χ1) is 18.1. The molecule has 0 bridgehead atoms. The molecule has 2 N–H and O–H groups in total. The number of nitrogens with zero attached hydrogens (tertiary/aromatic N) is 1. The van der Waals surface area contributed by atoms with Crippen LogP contribution in [0.5, 0.6) is 0 Å². The van der Waals surface area contributed by atoms with Gasteiger partial charge in [-0.15, -0.1) is 11.6 Å². The zero-order valence-electron chi connectivity index (χ0n) is 22.0. The molecule has 0 heterocycles. The van der Waals surface area contributed by atoms with Crippen LogP contribution < -0.4 is 5.32 Å². The van der Waals surface area contributed by atoms with Gasteiger partial charge < -0.3 is 15.2 Å². The highest BCUT2D eigenvalue weighted by molar-refractivity contribution is 7.89. The van der Waals surface area contributed by atoms with E-state index in [1.807, 2.05) is 6.07 Å². The topological polar surface area (TPSA) is 95.9 Å². The highest BCUT2D eigenvalue weighted by Gasteiger charge is 2.47. The van der Waals surface area contributed by atoms with Gasteiger partial charge >= 0.3 is 0 Å². The molecule has 1 aliphatic rings. The molecular formula is C28H38ClFN2O5S. The van der Waals surface area contributed by atoms with E-state index in [4.69, 9.17) is 16.3 Å². The van der Waals surface area contributed by atoms with Crippen LogP contribution in [0.1, 0.15) is 38.2 Å². The van der Waals surface area contributed by atoms with Gasteiger partial charge in [0.25, 0.3) is 0 Å². The highest BCUT2D eigenvalue weighted by atomic mass is 35.5. The van der Waals surface area contributed by atoms with Crippen molar-refractivity contribution in [2.24, 2.45) is 11.3 Å². The third-order valence-corrected chi connectivity index (χ3v) is 9.81. The Morgan fingerprint density at radius 2 is 1.71 bits per heavy atom. The van der Waals surface area contributed by atoms with E-state index in [1.165, 1.54) is 12.1 Å². The van der Waals surface area contributed by atoms with Gasteiger partial charge in [-0.05, 0) is 37.5 Å². The Labute approximate surface area is 230 Å². The molecule has 0 aromatic heterocycles. The van der Waals surface area contributed by atoms with Crippen LogP contribution in [0.3, 0.4) is 0 Å². The number of rotatable bonds is 14. The van der Waals surface area contributed by atoms with E-state index in [9.17, 15) is 22.7 Å². The SMILES string of the molecule is COCC1(C(=O)N[C@@](C)(c2ccccc2)[C@H](O)CN(CC(CF)CCl)S(=O)(=O)c2ccccc2)CCCC1. The van der Waals surface area contributed by atoms with Gasteiger partial charge in [0, 0.05) is 32.0 Å². The molecule has 0 radical (unpaired) electrons. The Bertz CT molecular complexity index is 1130. The molecule has 1 amide bonds. The first kappa shape index (κ1) is 30.5. The van der Waals surface area contributed by atoms with Gasteiger partial charge in [-0.2, -0.15) is 4.31 Å². The highest BCUT2D eigenvalue weighted by Crippen LogP contribution is 2.40. The summed E-state index contributed by atoms with van der Waals surface area (Å²) < 4.78 is 47.4. The minimum absolute atomic E-state index is 0.0230. The maximum Gasteiger partial charge on any atom is 0.243 e. The molecule has 1 fully saturated rings. The van der Waals surface area contributed by atoms with Crippen LogP contribution in [-0.4, -0.2) is 69.2 Å². The Hall–Kier alpha value is -2.04. The third-order valence-electron chi connectivity index (χ3n) is 7.53. The minimum Gasteiger partial charge on any atom is -0.389 e. The van der Waals surface area contributed by atoms with Gasteiger partial charge in [0.15, 0.2) is 0 Å². The van der Waals surface area contributed by atoms with Gasteiger partial charge in [-0.3, -0.25) is 9.18 Å². The number of hydrogen-bond acceptors (Lipinski definition) is 5. The molecule has 1 unspecified atom stereocenters. The lowest BCUT2D eigenvalue weighted by Gasteiger charge is -2.41. The molecule has 3 rings (SSSR count). The Morgan fingerprint density at radius 1 is 1.13 bits per heavy atom. The van der Waals surface area contributed by atoms with Crippen molar-refractivity contribution in [2.45, 2.75) is 49.1 Å². The number of amides is 1. The Balaban J connectivity index is 1.99. The van der Waals surface area contributed by atoms with Crippen LogP contribution in [0, 0.1) is 11.3 Å². The predicted molar refractivity (Wildman–Crippen MR) is 146 cm³/mol. The van der Waals surface area contributed by atoms with Crippen LogP contribution in [0.4, 0.5) is 4.39 Å². The number of ether oxygens (including phenoxy) is 1. The van der Waals surface area contributed by atoms with Crippen LogP contribution in [0.15, 0.2) is 65.6 Å². The number of sulfonamides is 1. The van der Waals surface area contributed by atoms with Crippen LogP contribution in [-0.2, 0) is 25.1 Å². The lowest BCUT2D eigenvalue weighted by Crippen LogP contribution is -2.59. The van der Waals surface area contributed by atoms with E-state index in [-0.39, 0.29) is 36.4 Å². The molecule has 2 aromatic carbocycles. The second kappa shape index (κ2) is 13.3. The van der Waals surface area contributed by atoms with E-state index in [0.717, 1.165) is 17.1 Å². The first-order valence-corrected chi connectivity index (χ1v) is 14.8. The smallest absolute Gasteiger partial charge is 0.243 e. The zero-order valence-corrected chi connectivity index (χ0v) is 23.6. The quantitative estimate of drug-likeness (QED) is 0.335. The molecule has 0 spiro atoms. The molecule has 3 atom stereocenters. The predicted octanol–water partition coefficient (Wildman–Crippen LogP) is 4.10. The monoisotopic (exact) mass is 568 g/mol. The van der Waals surface area contributed by atoms with Gasteiger partial charge in [-0.25, -0.2) is 8.42 Å². The van der Waals surface area contributed by atoms with Crippen molar-refractivity contribution in [3.63, 3.8) is 0 Å². The molecular weight excluding hydrogens is 531 g/mol. The lowest BCUT2D eigenvalue weighted by atomic mass is 9.81. The fraction of sp³-hybridized carbons (Fsp3) is 0.536. The first-order valence-electron chi connectivity index (χ1n) is 12.8. The molecule has 10 heteroatoms. The number of methoxy groups -OCH3 is 1. The number of aliphatic hydroxyl groups is 1. The molecule has 0 aliphatic heterocycles. The van der Waals surface area contributed by atoms with Crippen molar-refractivity contribution in [3.05, 3.63) is 66.2 Å². The van der Waals surface area contributed by atoms with Crippen molar-refractivity contribution < 1.29 is 27.4 Å². The number of aliphatic hydroxyl groups excluding tert-OH is 1. The molecule has 0 saturated heterocycles. The van der Waals surface area contributed by atoms with Crippen molar-refractivity contribution >= 4 is 27.5 Å². The van der Waals surface area contributed by atoms with Crippen LogP contribution in [0.25, 0.3) is 0 Å². The normalized spacial score (nSPS) is 18.6. The van der Waals surface area contributed by atoms with Gasteiger partial charge in [0.05, 0.1) is 35.2 Å². The van der Waals surface area contributed by atoms with E-state index in [2.05, 4.69) is 5.32 Å². The summed E-state index contributed by atoms with van der Waals surface area (Å²) in [5.41, 5.74) is -1.46. The molecule has 1 aliphatic carbocycles. The summed E-state index contributed by atoms with van der Waals surface area (Å²) in [6.45, 7) is 0.519. The van der Waals surface area contributed by atoms with E-state index in [0.29, 0.717) is 18.4 Å². The Morgan fingerprint density at radius 3 is 2.24 bits per heavy atom. The number of hydrogen-bond donors (Lipinski definition) is 2. The van der Waals surface area contributed by atoms with Gasteiger partial charge in [0.1, 0.15) is 0 Å². The molecule has 38 heavy (non-hydrogen) atoms. The number of alkyl halides is 2. The standard InChI is InChI=1S/C28H38ClFN2O5S/c1-27(23-11-5-3-6-12-23,31-26(34)28(21-37-2)15-9-10-16-28)25(33)20-32(19-22(17-29)18-30)38(35,36)24-13-7-4-8-14-24/h3-8,11-14,22,25,33H,9-10,15-21H2,1-2H3,(H,31,34)/t22?,25-,27+/m1/s1. The number of benzene rings is 2. The van der Waals surface area contributed by atoms with Crippen molar-refractivity contribution in [1.82, 2.24) is 9.62 Å². The fourth-order valence-corrected chi connectivity index (χ4v) is 6.80. The maximum absolute atomic E-state index is 13.7. The zero-order chi connectivity index (χ0) is 27.8. The number of halogens is 2. The summed E-state index contributed by atoms with van der Waals surface area (Å²) >= 11 is 5.92. The van der Waals surface area contributed by atoms with Gasteiger partial charge in [-0.1, -0.05) is 61.4 Å².